The van der Waals surface area contributed by atoms with Gasteiger partial charge in [0.05, 0.1) is 6.10 Å². The van der Waals surface area contributed by atoms with Crippen molar-refractivity contribution in [3.05, 3.63) is 42.0 Å². The van der Waals surface area contributed by atoms with Crippen LogP contribution in [0.2, 0.25) is 0 Å². The lowest BCUT2D eigenvalue weighted by molar-refractivity contribution is -0.277. The first kappa shape index (κ1) is 21.5. The summed E-state index contributed by atoms with van der Waals surface area (Å²) in [6, 6.07) is 7.92. The van der Waals surface area contributed by atoms with Gasteiger partial charge in [0.25, 0.3) is 0 Å². The third kappa shape index (κ3) is 5.56. The third-order valence-electron chi connectivity index (χ3n) is 4.91. The van der Waals surface area contributed by atoms with Gasteiger partial charge in [0, 0.05) is 11.1 Å². The van der Waals surface area contributed by atoms with Crippen molar-refractivity contribution < 1.29 is 19.1 Å². The number of hydrogen-bond acceptors (Lipinski definition) is 5. The van der Waals surface area contributed by atoms with E-state index >= 15 is 0 Å². The number of hydroxylamine groups is 2. The molecule has 0 bridgehead atoms. The van der Waals surface area contributed by atoms with Gasteiger partial charge in [-0.05, 0) is 65.5 Å². The van der Waals surface area contributed by atoms with Gasteiger partial charge >= 0.3 is 6.16 Å². The van der Waals surface area contributed by atoms with Gasteiger partial charge in [-0.25, -0.2) is 4.79 Å². The van der Waals surface area contributed by atoms with E-state index in [1.807, 2.05) is 24.3 Å². The summed E-state index contributed by atoms with van der Waals surface area (Å²) in [6.07, 6.45) is 2.56. The fraction of sp³-hybridized carbons (Fsp3) is 0.591. The number of nitrogens with zero attached hydrogens (tertiary/aromatic N) is 1. The van der Waals surface area contributed by atoms with Crippen molar-refractivity contribution in [2.75, 3.05) is 6.61 Å². The Morgan fingerprint density at radius 1 is 1.15 bits per heavy atom. The highest BCUT2D eigenvalue weighted by atomic mass is 16.7. The van der Waals surface area contributed by atoms with Crippen molar-refractivity contribution in [3.63, 3.8) is 0 Å². The van der Waals surface area contributed by atoms with Crippen molar-refractivity contribution in [1.82, 2.24) is 5.06 Å². The Kier molecular flexibility index (Phi) is 6.71. The van der Waals surface area contributed by atoms with Crippen molar-refractivity contribution in [2.45, 2.75) is 77.7 Å². The fourth-order valence-electron chi connectivity index (χ4n) is 3.45. The molecule has 5 nitrogen and oxygen atoms in total. The van der Waals surface area contributed by atoms with E-state index in [-0.39, 0.29) is 23.8 Å². The van der Waals surface area contributed by atoms with Gasteiger partial charge in [0.15, 0.2) is 0 Å². The highest BCUT2D eigenvalue weighted by Gasteiger charge is 2.47. The number of benzene rings is 1. The summed E-state index contributed by atoms with van der Waals surface area (Å²) in [5.41, 5.74) is 1.78. The van der Waals surface area contributed by atoms with Gasteiger partial charge in [-0.3, -0.25) is 4.84 Å². The molecular formula is C22H33NO4. The highest BCUT2D eigenvalue weighted by Crippen LogP contribution is 2.42. The van der Waals surface area contributed by atoms with Crippen LogP contribution in [0.3, 0.4) is 0 Å². The maximum atomic E-state index is 11.9. The minimum atomic E-state index is -0.679. The Morgan fingerprint density at radius 2 is 1.70 bits per heavy atom. The molecule has 1 unspecified atom stereocenters. The summed E-state index contributed by atoms with van der Waals surface area (Å²) in [7, 11) is 0. The van der Waals surface area contributed by atoms with Gasteiger partial charge in [0.1, 0.15) is 12.7 Å². The van der Waals surface area contributed by atoms with Crippen LogP contribution in [0.25, 0.3) is 6.08 Å². The van der Waals surface area contributed by atoms with Crippen LogP contribution in [-0.2, 0) is 14.3 Å². The van der Waals surface area contributed by atoms with Crippen LogP contribution in [0.15, 0.2) is 30.8 Å². The predicted octanol–water partition coefficient (Wildman–Crippen LogP) is 5.52. The van der Waals surface area contributed by atoms with E-state index in [4.69, 9.17) is 14.3 Å². The zero-order valence-electron chi connectivity index (χ0n) is 17.5. The molecule has 1 aromatic rings. The molecule has 1 fully saturated rings. The maximum absolute atomic E-state index is 11.9. The Labute approximate surface area is 163 Å². The smallest absolute Gasteiger partial charge is 0.432 e. The van der Waals surface area contributed by atoms with Crippen LogP contribution in [0.4, 0.5) is 4.79 Å². The Bertz CT molecular complexity index is 633. The summed E-state index contributed by atoms with van der Waals surface area (Å²) >= 11 is 0. The fourth-order valence-corrected chi connectivity index (χ4v) is 3.45. The molecule has 0 spiro atoms. The van der Waals surface area contributed by atoms with E-state index < -0.39 is 12.3 Å². The maximum Gasteiger partial charge on any atom is 0.508 e. The second kappa shape index (κ2) is 8.44. The van der Waals surface area contributed by atoms with Gasteiger partial charge in [-0.1, -0.05) is 36.9 Å². The van der Waals surface area contributed by atoms with E-state index in [1.165, 1.54) is 0 Å². The topological polar surface area (TPSA) is 48.0 Å². The number of hydrogen-bond donors (Lipinski definition) is 0. The quantitative estimate of drug-likeness (QED) is 0.588. The Morgan fingerprint density at radius 3 is 2.19 bits per heavy atom. The lowest BCUT2D eigenvalue weighted by Gasteiger charge is -2.41. The Balaban J connectivity index is 2.20. The average Bonchev–Trinajstić information content (AvgIpc) is 2.80. The molecular weight excluding hydrogens is 342 g/mol. The molecule has 5 heteroatoms. The molecule has 0 aliphatic carbocycles. The van der Waals surface area contributed by atoms with Gasteiger partial charge in [-0.2, -0.15) is 5.06 Å². The monoisotopic (exact) mass is 375 g/mol. The molecule has 1 heterocycles. The zero-order valence-corrected chi connectivity index (χ0v) is 17.5. The normalized spacial score (nSPS) is 19.7. The van der Waals surface area contributed by atoms with E-state index in [2.05, 4.69) is 39.3 Å². The standard InChI is InChI=1S/C22H33NO4/c1-8-17-9-11-18(12-10-17)19(15-25-20(24)26-16(2)3)27-23-21(4,5)13-14-22(23,6)7/h8-12,16,19H,1,13-15H2,2-7H3. The lowest BCUT2D eigenvalue weighted by Crippen LogP contribution is -2.49. The molecule has 1 aromatic carbocycles. The minimum Gasteiger partial charge on any atom is -0.432 e. The molecule has 1 saturated heterocycles. The first-order valence-corrected chi connectivity index (χ1v) is 9.58. The molecule has 27 heavy (non-hydrogen) atoms. The third-order valence-corrected chi connectivity index (χ3v) is 4.91. The summed E-state index contributed by atoms with van der Waals surface area (Å²) in [4.78, 5) is 18.3. The molecule has 0 amide bonds. The average molecular weight is 376 g/mol. The molecule has 1 aliphatic heterocycles. The van der Waals surface area contributed by atoms with Crippen molar-refractivity contribution in [3.8, 4) is 0 Å². The highest BCUT2D eigenvalue weighted by molar-refractivity contribution is 5.60. The van der Waals surface area contributed by atoms with Crippen LogP contribution >= 0.6 is 0 Å². The molecule has 2 rings (SSSR count). The number of ether oxygens (including phenoxy) is 2. The number of carbonyl (C=O) groups is 1. The molecule has 150 valence electrons. The molecule has 0 N–H and O–H groups in total. The van der Waals surface area contributed by atoms with Crippen LogP contribution in [0, 0.1) is 0 Å². The molecule has 0 aromatic heterocycles. The second-order valence-electron chi connectivity index (χ2n) is 8.61. The SMILES string of the molecule is C=Cc1ccc(C(COC(=O)OC(C)C)ON2C(C)(C)CCC2(C)C)cc1. The predicted molar refractivity (Wildman–Crippen MR) is 107 cm³/mol. The first-order chi connectivity index (χ1) is 12.5. The zero-order chi connectivity index (χ0) is 20.2. The summed E-state index contributed by atoms with van der Waals surface area (Å²) in [5.74, 6) is 0. The summed E-state index contributed by atoms with van der Waals surface area (Å²) in [5, 5.41) is 2.06. The van der Waals surface area contributed by atoms with Crippen LogP contribution in [0.5, 0.6) is 0 Å². The van der Waals surface area contributed by atoms with Crippen molar-refractivity contribution in [2.24, 2.45) is 0 Å². The van der Waals surface area contributed by atoms with Crippen molar-refractivity contribution >= 4 is 12.2 Å². The van der Waals surface area contributed by atoms with Crippen LogP contribution < -0.4 is 0 Å². The largest absolute Gasteiger partial charge is 0.508 e. The summed E-state index contributed by atoms with van der Waals surface area (Å²) < 4.78 is 10.4. The number of rotatable bonds is 7. The van der Waals surface area contributed by atoms with Crippen molar-refractivity contribution in [1.29, 1.82) is 0 Å². The van der Waals surface area contributed by atoms with Crippen LogP contribution in [0.1, 0.15) is 71.6 Å². The molecule has 0 saturated carbocycles. The first-order valence-electron chi connectivity index (χ1n) is 9.58. The lowest BCUT2D eigenvalue weighted by atomic mass is 10.0. The van der Waals surface area contributed by atoms with Gasteiger partial charge in [-0.15, -0.1) is 0 Å². The van der Waals surface area contributed by atoms with Crippen LogP contribution in [-0.4, -0.2) is 35.0 Å². The molecule has 1 atom stereocenters. The molecule has 1 aliphatic rings. The molecule has 0 radical (unpaired) electrons. The van der Waals surface area contributed by atoms with E-state index in [0.717, 1.165) is 24.0 Å². The number of carbonyl (C=O) groups excluding carboxylic acids is 1. The van der Waals surface area contributed by atoms with Gasteiger partial charge in [0.2, 0.25) is 0 Å². The van der Waals surface area contributed by atoms with E-state index in [1.54, 1.807) is 19.9 Å². The summed E-state index contributed by atoms with van der Waals surface area (Å²) in [6.45, 7) is 16.2. The second-order valence-corrected chi connectivity index (χ2v) is 8.61. The van der Waals surface area contributed by atoms with Gasteiger partial charge < -0.3 is 9.47 Å². The minimum absolute atomic E-state index is 0.0850. The Hall–Kier alpha value is -1.85. The van der Waals surface area contributed by atoms with E-state index in [9.17, 15) is 4.79 Å². The van der Waals surface area contributed by atoms with E-state index in [0.29, 0.717) is 0 Å².